The summed E-state index contributed by atoms with van der Waals surface area (Å²) in [6, 6.07) is 16.8. The average Bonchev–Trinajstić information content (AvgIpc) is 3.77. The number of carbonyl (C=O) groups is 3. The molecule has 0 saturated heterocycles. The molecule has 6 aliphatic carbocycles. The first-order valence-corrected chi connectivity index (χ1v) is 12.8. The number of methoxy groups -OCH3 is 2. The van der Waals surface area contributed by atoms with Gasteiger partial charge in [0.2, 0.25) is 0 Å². The molecule has 3 aromatic rings. The number of carbonyl (C=O) groups excluding carboxylic acids is 3. The molecule has 6 bridgehead atoms. The number of benzene rings is 3. The lowest BCUT2D eigenvalue weighted by atomic mass is 9.59. The summed E-state index contributed by atoms with van der Waals surface area (Å²) in [4.78, 5) is 40.9. The molecule has 9 rings (SSSR count). The van der Waals surface area contributed by atoms with Crippen LogP contribution in [0.1, 0.15) is 24.0 Å². The third-order valence-electron chi connectivity index (χ3n) is 10.5. The van der Waals surface area contributed by atoms with Gasteiger partial charge in [0.1, 0.15) is 5.41 Å². The van der Waals surface area contributed by atoms with Crippen LogP contribution in [0.25, 0.3) is 21.5 Å². The van der Waals surface area contributed by atoms with E-state index < -0.39 is 10.8 Å². The first-order chi connectivity index (χ1) is 17.5. The van der Waals surface area contributed by atoms with Gasteiger partial charge >= 0.3 is 17.9 Å². The molecule has 6 nitrogen and oxygen atoms in total. The van der Waals surface area contributed by atoms with Crippen molar-refractivity contribution in [1.29, 1.82) is 0 Å². The van der Waals surface area contributed by atoms with Crippen LogP contribution in [0, 0.1) is 40.9 Å². The van der Waals surface area contributed by atoms with E-state index in [1.807, 2.05) is 19.1 Å². The van der Waals surface area contributed by atoms with Crippen LogP contribution in [0.15, 0.2) is 48.5 Å². The third-order valence-corrected chi connectivity index (χ3v) is 10.5. The van der Waals surface area contributed by atoms with Crippen LogP contribution in [0.5, 0.6) is 0 Å². The molecule has 3 aromatic carbocycles. The number of ether oxygens (including phenoxy) is 3. The van der Waals surface area contributed by atoms with Gasteiger partial charge in [-0.25, -0.2) is 0 Å². The Morgan fingerprint density at radius 2 is 1.53 bits per heavy atom. The summed E-state index contributed by atoms with van der Waals surface area (Å²) >= 11 is 0. The molecule has 0 aliphatic heterocycles. The van der Waals surface area contributed by atoms with Crippen molar-refractivity contribution in [2.45, 2.75) is 18.3 Å². The van der Waals surface area contributed by atoms with Crippen LogP contribution >= 0.6 is 0 Å². The summed E-state index contributed by atoms with van der Waals surface area (Å²) in [5.74, 6) is -1.36. The minimum absolute atomic E-state index is 0.0117. The van der Waals surface area contributed by atoms with E-state index in [0.29, 0.717) is 6.61 Å². The Labute approximate surface area is 207 Å². The van der Waals surface area contributed by atoms with Gasteiger partial charge < -0.3 is 14.2 Å². The van der Waals surface area contributed by atoms with Crippen molar-refractivity contribution in [3.63, 3.8) is 0 Å². The van der Waals surface area contributed by atoms with Crippen LogP contribution < -0.4 is 0 Å². The molecule has 0 aromatic heterocycles. The van der Waals surface area contributed by atoms with Gasteiger partial charge in [-0.1, -0.05) is 36.4 Å². The van der Waals surface area contributed by atoms with Gasteiger partial charge in [0.05, 0.1) is 32.2 Å². The molecule has 0 spiro atoms. The molecule has 0 N–H and O–H groups in total. The summed E-state index contributed by atoms with van der Waals surface area (Å²) < 4.78 is 16.5. The van der Waals surface area contributed by atoms with Gasteiger partial charge in [-0.2, -0.15) is 0 Å². The van der Waals surface area contributed by atoms with Gasteiger partial charge in [-0.3, -0.25) is 14.4 Å². The van der Waals surface area contributed by atoms with Crippen molar-refractivity contribution < 1.29 is 28.6 Å². The van der Waals surface area contributed by atoms with Crippen molar-refractivity contribution >= 4 is 39.5 Å². The largest absolute Gasteiger partial charge is 0.469 e. The third kappa shape index (κ3) is 1.84. The van der Waals surface area contributed by atoms with Crippen LogP contribution in [0.3, 0.4) is 0 Å². The van der Waals surface area contributed by atoms with Crippen molar-refractivity contribution in [2.75, 3.05) is 20.8 Å². The second kappa shape index (κ2) is 6.28. The highest BCUT2D eigenvalue weighted by atomic mass is 16.5. The molecule has 36 heavy (non-hydrogen) atoms. The molecule has 9 unspecified atom stereocenters. The lowest BCUT2D eigenvalue weighted by Gasteiger charge is -2.42. The Morgan fingerprint density at radius 3 is 2.22 bits per heavy atom. The smallest absolute Gasteiger partial charge is 0.317 e. The second-order valence-electron chi connectivity index (χ2n) is 11.1. The monoisotopic (exact) mass is 482 g/mol. The Bertz CT molecular complexity index is 1560. The predicted molar refractivity (Wildman–Crippen MR) is 130 cm³/mol. The molecule has 0 radical (unpaired) electrons. The molecular formula is C30H26O6. The Balaban J connectivity index is 1.45. The minimum Gasteiger partial charge on any atom is -0.469 e. The topological polar surface area (TPSA) is 78.9 Å². The van der Waals surface area contributed by atoms with E-state index >= 15 is 0 Å². The van der Waals surface area contributed by atoms with Crippen molar-refractivity contribution in [3.05, 3.63) is 59.7 Å². The van der Waals surface area contributed by atoms with Gasteiger partial charge in [0.25, 0.3) is 0 Å². The molecule has 6 aliphatic rings. The van der Waals surface area contributed by atoms with E-state index in [0.717, 1.165) is 32.7 Å². The Kier molecular flexibility index (Phi) is 3.62. The maximum absolute atomic E-state index is 14.1. The molecule has 182 valence electrons. The normalized spacial score (nSPS) is 39.4. The molecule has 0 heterocycles. The fourth-order valence-electron chi connectivity index (χ4n) is 9.83. The first-order valence-electron chi connectivity index (χ1n) is 12.8. The number of fused-ring (bicyclic) bond motifs is 4. The van der Waals surface area contributed by atoms with Crippen LogP contribution in [-0.4, -0.2) is 38.7 Å². The molecule has 6 heteroatoms. The van der Waals surface area contributed by atoms with Gasteiger partial charge in [-0.15, -0.1) is 0 Å². The zero-order valence-electron chi connectivity index (χ0n) is 20.3. The van der Waals surface area contributed by atoms with Crippen LogP contribution in [-0.2, 0) is 34.0 Å². The summed E-state index contributed by atoms with van der Waals surface area (Å²) in [6.07, 6.45) is 0. The summed E-state index contributed by atoms with van der Waals surface area (Å²) in [6.45, 7) is 2.13. The van der Waals surface area contributed by atoms with Crippen molar-refractivity contribution in [1.82, 2.24) is 0 Å². The SMILES string of the molecule is CCOC(=O)C1C2C1C1C3C4c5ccc6cc7ccccc7cc6c5C(C(=O)OC)(C42)C31C(=O)OC. The Hall–Kier alpha value is -3.41. The lowest BCUT2D eigenvalue weighted by Crippen LogP contribution is -2.54. The number of rotatable bonds is 4. The second-order valence-corrected chi connectivity index (χ2v) is 11.1. The van der Waals surface area contributed by atoms with E-state index in [9.17, 15) is 14.4 Å². The summed E-state index contributed by atoms with van der Waals surface area (Å²) in [7, 11) is 2.81. The number of esters is 3. The fraction of sp³-hybridized carbons (Fsp3) is 0.433. The first kappa shape index (κ1) is 20.7. The molecular weight excluding hydrogens is 456 g/mol. The van der Waals surface area contributed by atoms with Gasteiger partial charge in [0.15, 0.2) is 0 Å². The standard InChI is InChI=1S/C30H26O6/c1-4-36-26(31)21-19-20(21)25-24-18-16-10-9-15-11-13-7-5-6-8-14(13)12-17(15)22(16)29(23(18)19,27(32)34-2)30(24,25)28(33)35-3/h5-12,18-21,23-25H,4H2,1-3H3. The maximum atomic E-state index is 14.1. The van der Waals surface area contributed by atoms with Crippen molar-refractivity contribution in [2.24, 2.45) is 40.9 Å². The number of hydrogen-bond donors (Lipinski definition) is 0. The molecule has 5 fully saturated rings. The zero-order valence-corrected chi connectivity index (χ0v) is 20.3. The van der Waals surface area contributed by atoms with Gasteiger partial charge in [-0.05, 0) is 87.2 Å². The molecule has 9 atom stereocenters. The average molecular weight is 483 g/mol. The highest BCUT2D eigenvalue weighted by Crippen LogP contribution is 2.97. The van der Waals surface area contributed by atoms with E-state index in [4.69, 9.17) is 14.2 Å². The Morgan fingerprint density at radius 1 is 0.833 bits per heavy atom. The van der Waals surface area contributed by atoms with Crippen molar-refractivity contribution in [3.8, 4) is 0 Å². The number of hydrogen-bond acceptors (Lipinski definition) is 6. The quantitative estimate of drug-likeness (QED) is 0.318. The minimum atomic E-state index is -1.16. The van der Waals surface area contributed by atoms with Gasteiger partial charge in [0, 0.05) is 0 Å². The fourth-order valence-corrected chi connectivity index (χ4v) is 9.83. The highest BCUT2D eigenvalue weighted by molar-refractivity contribution is 6.09. The molecule has 0 amide bonds. The predicted octanol–water partition coefficient (Wildman–Crippen LogP) is 3.98. The lowest BCUT2D eigenvalue weighted by molar-refractivity contribution is -0.166. The zero-order chi connectivity index (χ0) is 24.7. The van der Waals surface area contributed by atoms with Crippen LogP contribution in [0.2, 0.25) is 0 Å². The maximum Gasteiger partial charge on any atom is 0.317 e. The van der Waals surface area contributed by atoms with E-state index in [1.54, 1.807) is 0 Å². The van der Waals surface area contributed by atoms with E-state index in [-0.39, 0.29) is 59.3 Å². The highest BCUT2D eigenvalue weighted by Gasteiger charge is 3.02. The van der Waals surface area contributed by atoms with Crippen LogP contribution in [0.4, 0.5) is 0 Å². The summed E-state index contributed by atoms with van der Waals surface area (Å²) in [5, 5.41) is 4.23. The summed E-state index contributed by atoms with van der Waals surface area (Å²) in [5.41, 5.74) is -0.0912. The van der Waals surface area contributed by atoms with E-state index in [2.05, 4.69) is 36.4 Å². The van der Waals surface area contributed by atoms with E-state index in [1.165, 1.54) is 14.2 Å². The molecule has 5 saturated carbocycles.